The zero-order valence-electron chi connectivity index (χ0n) is 18.9. The van der Waals surface area contributed by atoms with Crippen molar-refractivity contribution in [2.45, 2.75) is 32.7 Å². The number of pyridine rings is 1. The van der Waals surface area contributed by atoms with Gasteiger partial charge < -0.3 is 15.0 Å². The van der Waals surface area contributed by atoms with Gasteiger partial charge in [-0.25, -0.2) is 9.37 Å². The van der Waals surface area contributed by atoms with Crippen LogP contribution in [0.4, 0.5) is 10.1 Å². The van der Waals surface area contributed by atoms with Crippen molar-refractivity contribution in [2.75, 3.05) is 25.0 Å². The Hall–Kier alpha value is -3.79. The summed E-state index contributed by atoms with van der Waals surface area (Å²) in [6.45, 7) is 5.46. The highest BCUT2D eigenvalue weighted by molar-refractivity contribution is 6.11. The number of hydrogen-bond donors (Lipinski definition) is 2. The lowest BCUT2D eigenvalue weighted by atomic mass is 10.1. The first-order chi connectivity index (χ1) is 16.5. The normalized spacial score (nSPS) is 15.0. The standard InChI is InChI=1S/C24H26FN7O2/c1-16(25)34-22-7-5-19(14-26-22)28-24(33)23-20-12-17(4-6-21(20)29-30-23)18-13-27-32(15-18)11-10-31-8-2-3-9-31/h4-7,12-16H,2-3,8-11H2,1H3,(H,28,33)(H,29,30). The van der Waals surface area contributed by atoms with Gasteiger partial charge >= 0.3 is 0 Å². The Morgan fingerprint density at radius 2 is 2.03 bits per heavy atom. The largest absolute Gasteiger partial charge is 0.444 e. The molecule has 1 aliphatic rings. The number of ether oxygens (including phenoxy) is 1. The molecule has 10 heteroatoms. The molecule has 1 aromatic carbocycles. The molecule has 176 valence electrons. The minimum atomic E-state index is -1.46. The fraction of sp³-hybridized carbons (Fsp3) is 0.333. The van der Waals surface area contributed by atoms with Crippen LogP contribution in [0, 0.1) is 0 Å². The minimum Gasteiger partial charge on any atom is -0.444 e. The van der Waals surface area contributed by atoms with Crippen molar-refractivity contribution < 1.29 is 13.9 Å². The lowest BCUT2D eigenvalue weighted by Gasteiger charge is -2.13. The van der Waals surface area contributed by atoms with Gasteiger partial charge in [0.1, 0.15) is 0 Å². The van der Waals surface area contributed by atoms with Gasteiger partial charge in [0.25, 0.3) is 5.91 Å². The zero-order chi connectivity index (χ0) is 23.5. The summed E-state index contributed by atoms with van der Waals surface area (Å²) in [6, 6.07) is 8.92. The third kappa shape index (κ3) is 4.91. The quantitative estimate of drug-likeness (QED) is 0.412. The maximum atomic E-state index is 12.9. The summed E-state index contributed by atoms with van der Waals surface area (Å²) in [7, 11) is 0. The van der Waals surface area contributed by atoms with Gasteiger partial charge in [-0.1, -0.05) is 6.07 Å². The maximum absolute atomic E-state index is 12.9. The number of carbonyl (C=O) groups is 1. The van der Waals surface area contributed by atoms with Crippen LogP contribution in [0.25, 0.3) is 22.0 Å². The van der Waals surface area contributed by atoms with E-state index < -0.39 is 6.36 Å². The second-order valence-corrected chi connectivity index (χ2v) is 8.37. The predicted molar refractivity (Wildman–Crippen MR) is 126 cm³/mol. The number of hydrogen-bond acceptors (Lipinski definition) is 6. The lowest BCUT2D eigenvalue weighted by molar-refractivity contribution is 0.0809. The molecule has 1 unspecified atom stereocenters. The number of alkyl halides is 1. The number of carbonyl (C=O) groups excluding carboxylic acids is 1. The number of rotatable bonds is 8. The van der Waals surface area contributed by atoms with Gasteiger partial charge in [-0.05, 0) is 49.7 Å². The molecule has 2 N–H and O–H groups in total. The molecule has 9 nitrogen and oxygen atoms in total. The first-order valence-corrected chi connectivity index (χ1v) is 11.4. The molecule has 5 rings (SSSR count). The Kier molecular flexibility index (Phi) is 6.22. The van der Waals surface area contributed by atoms with Gasteiger partial charge in [-0.3, -0.25) is 14.6 Å². The third-order valence-corrected chi connectivity index (χ3v) is 5.87. The number of anilines is 1. The van der Waals surface area contributed by atoms with Crippen molar-refractivity contribution in [3.63, 3.8) is 0 Å². The van der Waals surface area contributed by atoms with Crippen molar-refractivity contribution in [3.05, 3.63) is 54.6 Å². The average Bonchev–Trinajstić information content (AvgIpc) is 3.58. The number of halogens is 1. The van der Waals surface area contributed by atoms with Crippen LogP contribution in [0.15, 0.2) is 48.9 Å². The highest BCUT2D eigenvalue weighted by atomic mass is 19.1. The Morgan fingerprint density at radius 1 is 1.18 bits per heavy atom. The smallest absolute Gasteiger partial charge is 0.276 e. The Labute approximate surface area is 195 Å². The van der Waals surface area contributed by atoms with Crippen molar-refractivity contribution in [1.29, 1.82) is 0 Å². The van der Waals surface area contributed by atoms with E-state index in [1.807, 2.05) is 35.3 Å². The van der Waals surface area contributed by atoms with Crippen molar-refractivity contribution >= 4 is 22.5 Å². The molecule has 0 bridgehead atoms. The molecule has 4 aromatic rings. The number of nitrogens with zero attached hydrogens (tertiary/aromatic N) is 5. The molecule has 34 heavy (non-hydrogen) atoms. The van der Waals surface area contributed by atoms with Crippen LogP contribution >= 0.6 is 0 Å². The van der Waals surface area contributed by atoms with Crippen LogP contribution in [0.2, 0.25) is 0 Å². The molecule has 0 saturated carbocycles. The van der Waals surface area contributed by atoms with Crippen molar-refractivity contribution in [2.24, 2.45) is 0 Å². The minimum absolute atomic E-state index is 0.142. The van der Waals surface area contributed by atoms with E-state index in [-0.39, 0.29) is 17.5 Å². The van der Waals surface area contributed by atoms with Crippen molar-refractivity contribution in [1.82, 2.24) is 29.9 Å². The topological polar surface area (TPSA) is 101 Å². The summed E-state index contributed by atoms with van der Waals surface area (Å²) in [4.78, 5) is 19.3. The van der Waals surface area contributed by atoms with E-state index >= 15 is 0 Å². The van der Waals surface area contributed by atoms with E-state index in [2.05, 4.69) is 30.5 Å². The number of fused-ring (bicyclic) bond motifs is 1. The van der Waals surface area contributed by atoms with Crippen LogP contribution in [0.1, 0.15) is 30.3 Å². The molecular weight excluding hydrogens is 437 g/mol. The van der Waals surface area contributed by atoms with Gasteiger partial charge in [-0.2, -0.15) is 10.2 Å². The van der Waals surface area contributed by atoms with E-state index in [0.29, 0.717) is 11.1 Å². The number of nitrogens with one attached hydrogen (secondary N) is 2. The highest BCUT2D eigenvalue weighted by Crippen LogP contribution is 2.26. The second kappa shape index (κ2) is 9.60. The molecular formula is C24H26FN7O2. The number of H-pyrrole nitrogens is 1. The summed E-state index contributed by atoms with van der Waals surface area (Å²) >= 11 is 0. The Bertz CT molecular complexity index is 1280. The molecule has 3 aromatic heterocycles. The summed E-state index contributed by atoms with van der Waals surface area (Å²) in [5, 5.41) is 15.1. The average molecular weight is 464 g/mol. The van der Waals surface area contributed by atoms with E-state index in [4.69, 9.17) is 4.74 Å². The highest BCUT2D eigenvalue weighted by Gasteiger charge is 2.16. The van der Waals surface area contributed by atoms with Gasteiger partial charge in [0.15, 0.2) is 5.69 Å². The maximum Gasteiger partial charge on any atom is 0.276 e. The summed E-state index contributed by atoms with van der Waals surface area (Å²) < 4.78 is 19.8. The molecule has 1 aliphatic heterocycles. The van der Waals surface area contributed by atoms with Gasteiger partial charge in [-0.15, -0.1) is 0 Å². The summed E-state index contributed by atoms with van der Waals surface area (Å²) in [5.74, 6) is -0.233. The van der Waals surface area contributed by atoms with Crippen LogP contribution in [0.3, 0.4) is 0 Å². The molecule has 1 atom stereocenters. The third-order valence-electron chi connectivity index (χ3n) is 5.87. The number of benzene rings is 1. The van der Waals surface area contributed by atoms with E-state index in [9.17, 15) is 9.18 Å². The lowest BCUT2D eigenvalue weighted by Crippen LogP contribution is -2.24. The zero-order valence-corrected chi connectivity index (χ0v) is 18.9. The number of amides is 1. The SMILES string of the molecule is CC(F)Oc1ccc(NC(=O)c2n[nH]c3ccc(-c4cnn(CCN5CCCC5)c4)cc23)cn1. The molecule has 1 fully saturated rings. The second-order valence-electron chi connectivity index (χ2n) is 8.37. The van der Waals surface area contributed by atoms with Crippen LogP contribution in [0.5, 0.6) is 5.88 Å². The molecule has 1 saturated heterocycles. The number of aromatic nitrogens is 5. The van der Waals surface area contributed by atoms with Crippen LogP contribution < -0.4 is 10.1 Å². The van der Waals surface area contributed by atoms with Gasteiger partial charge in [0, 0.05) is 36.7 Å². The monoisotopic (exact) mass is 463 g/mol. The van der Waals surface area contributed by atoms with E-state index in [0.717, 1.165) is 29.7 Å². The molecule has 0 spiro atoms. The first-order valence-electron chi connectivity index (χ1n) is 11.4. The number of likely N-dealkylation sites (tertiary alicyclic amines) is 1. The van der Waals surface area contributed by atoms with Crippen LogP contribution in [-0.2, 0) is 6.54 Å². The molecule has 1 amide bonds. The van der Waals surface area contributed by atoms with Crippen LogP contribution in [-0.4, -0.2) is 61.8 Å². The van der Waals surface area contributed by atoms with Crippen molar-refractivity contribution in [3.8, 4) is 17.0 Å². The van der Waals surface area contributed by atoms with Gasteiger partial charge in [0.2, 0.25) is 12.2 Å². The molecule has 4 heterocycles. The molecule has 0 radical (unpaired) electrons. The predicted octanol–water partition coefficient (Wildman–Crippen LogP) is 3.86. The van der Waals surface area contributed by atoms with E-state index in [1.165, 1.54) is 45.1 Å². The summed E-state index contributed by atoms with van der Waals surface area (Å²) in [5.41, 5.74) is 3.43. The molecule has 0 aliphatic carbocycles. The van der Waals surface area contributed by atoms with E-state index in [1.54, 1.807) is 6.07 Å². The summed E-state index contributed by atoms with van der Waals surface area (Å²) in [6.07, 6.45) is 6.38. The first kappa shape index (κ1) is 22.0. The Morgan fingerprint density at radius 3 is 2.79 bits per heavy atom. The van der Waals surface area contributed by atoms with Gasteiger partial charge in [0.05, 0.1) is 30.1 Å². The number of aromatic amines is 1. The Balaban J connectivity index is 1.30. The fourth-order valence-corrected chi connectivity index (χ4v) is 4.13. The fourth-order valence-electron chi connectivity index (χ4n) is 4.13.